The third-order valence-electron chi connectivity index (χ3n) is 4.01. The fourth-order valence-electron chi connectivity index (χ4n) is 2.68. The molecule has 3 rings (SSSR count). The van der Waals surface area contributed by atoms with Crippen LogP contribution in [0.15, 0.2) is 35.4 Å². The number of nitrogens with zero attached hydrogens (tertiary/aromatic N) is 1. The quantitative estimate of drug-likeness (QED) is 0.868. The second kappa shape index (κ2) is 7.00. The molecule has 6 nitrogen and oxygen atoms in total. The molecule has 1 aromatic carbocycles. The Balaban J connectivity index is 1.72. The largest absolute Gasteiger partial charge is 0.317 e. The highest BCUT2D eigenvalue weighted by atomic mass is 32.2. The van der Waals surface area contributed by atoms with Crippen LogP contribution in [0.25, 0.3) is 0 Å². The van der Waals surface area contributed by atoms with E-state index in [2.05, 4.69) is 15.6 Å². The lowest BCUT2D eigenvalue weighted by Gasteiger charge is -2.20. The number of anilines is 1. The third-order valence-corrected chi connectivity index (χ3v) is 6.20. The van der Waals surface area contributed by atoms with E-state index in [0.717, 1.165) is 32.2 Å². The van der Waals surface area contributed by atoms with Gasteiger partial charge in [-0.05, 0) is 50.0 Å². The summed E-state index contributed by atoms with van der Waals surface area (Å²) in [7, 11) is -3.34. The standard InChI is InChI=1S/C16H19N3O3S2/c1-24(21,22)13-4-2-3-12(9-13)15(20)19-16-18-10-14(23-16)11-5-7-17-8-6-11/h2-4,9-11,17H,5-8H2,1H3,(H,18,19,20). The second-order valence-electron chi connectivity index (χ2n) is 5.85. The number of thiazole rings is 1. The summed E-state index contributed by atoms with van der Waals surface area (Å²) >= 11 is 1.48. The molecule has 24 heavy (non-hydrogen) atoms. The van der Waals surface area contributed by atoms with Crippen molar-refractivity contribution in [2.45, 2.75) is 23.7 Å². The van der Waals surface area contributed by atoms with E-state index < -0.39 is 9.84 Å². The Bertz CT molecular complexity index is 840. The lowest BCUT2D eigenvalue weighted by Crippen LogP contribution is -2.26. The van der Waals surface area contributed by atoms with Crippen molar-refractivity contribution >= 4 is 32.2 Å². The van der Waals surface area contributed by atoms with E-state index in [0.29, 0.717) is 16.6 Å². The van der Waals surface area contributed by atoms with Crippen LogP contribution < -0.4 is 10.6 Å². The molecule has 0 unspecified atom stereocenters. The summed E-state index contributed by atoms with van der Waals surface area (Å²) in [5.41, 5.74) is 0.302. The van der Waals surface area contributed by atoms with Gasteiger partial charge in [-0.25, -0.2) is 13.4 Å². The van der Waals surface area contributed by atoms with Crippen molar-refractivity contribution in [3.05, 3.63) is 40.9 Å². The maximum absolute atomic E-state index is 12.3. The molecule has 2 heterocycles. The van der Waals surface area contributed by atoms with Gasteiger partial charge in [-0.1, -0.05) is 6.07 Å². The molecule has 0 saturated carbocycles. The zero-order chi connectivity index (χ0) is 17.2. The predicted octanol–water partition coefficient (Wildman–Crippen LogP) is 2.27. The van der Waals surface area contributed by atoms with Crippen molar-refractivity contribution in [3.63, 3.8) is 0 Å². The van der Waals surface area contributed by atoms with E-state index in [1.165, 1.54) is 28.3 Å². The summed E-state index contributed by atoms with van der Waals surface area (Å²) < 4.78 is 23.2. The number of carbonyl (C=O) groups excluding carboxylic acids is 1. The zero-order valence-corrected chi connectivity index (χ0v) is 14.9. The number of benzene rings is 1. The molecule has 1 aliphatic rings. The van der Waals surface area contributed by atoms with Crippen molar-refractivity contribution in [1.29, 1.82) is 0 Å². The van der Waals surface area contributed by atoms with Gasteiger partial charge in [0, 0.05) is 22.9 Å². The number of rotatable bonds is 4. The molecular formula is C16H19N3O3S2. The molecule has 0 aliphatic carbocycles. The van der Waals surface area contributed by atoms with Gasteiger partial charge in [0.15, 0.2) is 15.0 Å². The fraction of sp³-hybridized carbons (Fsp3) is 0.375. The molecule has 2 aromatic rings. The number of aromatic nitrogens is 1. The number of nitrogens with one attached hydrogen (secondary N) is 2. The van der Waals surface area contributed by atoms with Crippen LogP contribution in [0.3, 0.4) is 0 Å². The van der Waals surface area contributed by atoms with Crippen LogP contribution in [0.5, 0.6) is 0 Å². The smallest absolute Gasteiger partial charge is 0.257 e. The van der Waals surface area contributed by atoms with Crippen LogP contribution in [-0.2, 0) is 9.84 Å². The Kier molecular flexibility index (Phi) is 4.98. The van der Waals surface area contributed by atoms with Crippen LogP contribution in [0.4, 0.5) is 5.13 Å². The van der Waals surface area contributed by atoms with Crippen molar-refractivity contribution in [3.8, 4) is 0 Å². The molecule has 0 atom stereocenters. The van der Waals surface area contributed by atoms with Gasteiger partial charge in [0.1, 0.15) is 0 Å². The van der Waals surface area contributed by atoms with Gasteiger partial charge < -0.3 is 5.32 Å². The Labute approximate surface area is 145 Å². The lowest BCUT2D eigenvalue weighted by molar-refractivity contribution is 0.102. The highest BCUT2D eigenvalue weighted by Crippen LogP contribution is 2.31. The molecule has 1 aliphatic heterocycles. The maximum Gasteiger partial charge on any atom is 0.257 e. The molecule has 1 amide bonds. The van der Waals surface area contributed by atoms with Gasteiger partial charge in [-0.15, -0.1) is 11.3 Å². The average Bonchev–Trinajstić information content (AvgIpc) is 3.03. The van der Waals surface area contributed by atoms with E-state index >= 15 is 0 Å². The Morgan fingerprint density at radius 2 is 2.08 bits per heavy atom. The van der Waals surface area contributed by atoms with E-state index in [-0.39, 0.29) is 10.8 Å². The van der Waals surface area contributed by atoms with E-state index in [1.54, 1.807) is 12.1 Å². The first-order valence-electron chi connectivity index (χ1n) is 7.71. The van der Waals surface area contributed by atoms with Gasteiger partial charge in [-0.3, -0.25) is 10.1 Å². The highest BCUT2D eigenvalue weighted by molar-refractivity contribution is 7.90. The summed E-state index contributed by atoms with van der Waals surface area (Å²) in [6, 6.07) is 6.01. The molecule has 128 valence electrons. The van der Waals surface area contributed by atoms with Gasteiger partial charge in [0.2, 0.25) is 0 Å². The fourth-order valence-corrected chi connectivity index (χ4v) is 4.32. The lowest BCUT2D eigenvalue weighted by atomic mass is 9.97. The van der Waals surface area contributed by atoms with E-state index in [9.17, 15) is 13.2 Å². The molecule has 1 fully saturated rings. The minimum Gasteiger partial charge on any atom is -0.317 e. The summed E-state index contributed by atoms with van der Waals surface area (Å²) in [5, 5.41) is 6.62. The molecule has 0 bridgehead atoms. The van der Waals surface area contributed by atoms with Crippen molar-refractivity contribution in [2.24, 2.45) is 0 Å². The van der Waals surface area contributed by atoms with E-state index in [1.807, 2.05) is 6.20 Å². The Morgan fingerprint density at radius 3 is 2.79 bits per heavy atom. The average molecular weight is 365 g/mol. The van der Waals surface area contributed by atoms with Gasteiger partial charge >= 0.3 is 0 Å². The first-order valence-corrected chi connectivity index (χ1v) is 10.4. The molecule has 1 saturated heterocycles. The zero-order valence-electron chi connectivity index (χ0n) is 13.3. The number of hydrogen-bond donors (Lipinski definition) is 2. The van der Waals surface area contributed by atoms with Crippen LogP contribution >= 0.6 is 11.3 Å². The first-order chi connectivity index (χ1) is 11.4. The highest BCUT2D eigenvalue weighted by Gasteiger charge is 2.19. The first kappa shape index (κ1) is 17.1. The Morgan fingerprint density at radius 1 is 1.33 bits per heavy atom. The van der Waals surface area contributed by atoms with Crippen LogP contribution in [-0.4, -0.2) is 38.7 Å². The number of piperidine rings is 1. The Hall–Kier alpha value is -1.77. The van der Waals surface area contributed by atoms with Gasteiger partial charge in [0.25, 0.3) is 5.91 Å². The minimum absolute atomic E-state index is 0.129. The molecule has 1 aromatic heterocycles. The molecular weight excluding hydrogens is 346 g/mol. The number of amides is 1. The summed E-state index contributed by atoms with van der Waals surface area (Å²) in [4.78, 5) is 17.9. The maximum atomic E-state index is 12.3. The molecule has 2 N–H and O–H groups in total. The predicted molar refractivity (Wildman–Crippen MR) is 94.5 cm³/mol. The minimum atomic E-state index is -3.34. The van der Waals surface area contributed by atoms with Crippen LogP contribution in [0, 0.1) is 0 Å². The third kappa shape index (κ3) is 4.00. The molecule has 0 radical (unpaired) electrons. The molecule has 8 heteroatoms. The SMILES string of the molecule is CS(=O)(=O)c1cccc(C(=O)Nc2ncc(C3CCNCC3)s2)c1. The topological polar surface area (TPSA) is 88.2 Å². The van der Waals surface area contributed by atoms with Gasteiger partial charge in [0.05, 0.1) is 4.90 Å². The van der Waals surface area contributed by atoms with Crippen molar-refractivity contribution in [1.82, 2.24) is 10.3 Å². The van der Waals surface area contributed by atoms with Gasteiger partial charge in [-0.2, -0.15) is 0 Å². The monoisotopic (exact) mass is 365 g/mol. The van der Waals surface area contributed by atoms with Crippen LogP contribution in [0.1, 0.15) is 34.0 Å². The van der Waals surface area contributed by atoms with Crippen molar-refractivity contribution < 1.29 is 13.2 Å². The van der Waals surface area contributed by atoms with Crippen LogP contribution in [0.2, 0.25) is 0 Å². The second-order valence-corrected chi connectivity index (χ2v) is 8.92. The summed E-state index contributed by atoms with van der Waals surface area (Å²) in [5.74, 6) is 0.134. The molecule has 0 spiro atoms. The van der Waals surface area contributed by atoms with E-state index in [4.69, 9.17) is 0 Å². The number of carbonyl (C=O) groups is 1. The normalized spacial score (nSPS) is 16.0. The van der Waals surface area contributed by atoms with Crippen molar-refractivity contribution in [2.75, 3.05) is 24.7 Å². The summed E-state index contributed by atoms with van der Waals surface area (Å²) in [6.07, 6.45) is 5.09. The summed E-state index contributed by atoms with van der Waals surface area (Å²) in [6.45, 7) is 2.01. The number of hydrogen-bond acceptors (Lipinski definition) is 6. The number of sulfone groups is 1.